The highest BCUT2D eigenvalue weighted by Crippen LogP contribution is 2.26. The lowest BCUT2D eigenvalue weighted by atomic mass is 10.1. The molecule has 406 valence electrons. The first-order valence-electron chi connectivity index (χ1n) is 24.0. The van der Waals surface area contributed by atoms with Crippen molar-refractivity contribution in [2.45, 2.75) is 38.8 Å². The number of esters is 1. The van der Waals surface area contributed by atoms with Gasteiger partial charge >= 0.3 is 11.9 Å². The van der Waals surface area contributed by atoms with Gasteiger partial charge in [0.2, 0.25) is 11.8 Å². The number of fused-ring (bicyclic) bond motifs is 2. The van der Waals surface area contributed by atoms with Crippen molar-refractivity contribution in [1.82, 2.24) is 56.5 Å². The van der Waals surface area contributed by atoms with Crippen LogP contribution in [0.25, 0.3) is 21.8 Å². The molecule has 7 heterocycles. The third-order valence-corrected chi connectivity index (χ3v) is 15.6. The van der Waals surface area contributed by atoms with Gasteiger partial charge in [-0.3, -0.25) is 43.9 Å². The quantitative estimate of drug-likeness (QED) is 0.0456. The van der Waals surface area contributed by atoms with E-state index < -0.39 is 41.7 Å². The van der Waals surface area contributed by atoms with Crippen molar-refractivity contribution < 1.29 is 52.9 Å². The fraction of sp³-hybridized carbons (Fsp3) is 0.280. The zero-order valence-electron chi connectivity index (χ0n) is 41.7. The van der Waals surface area contributed by atoms with Crippen LogP contribution in [0.15, 0.2) is 83.8 Å². The average Bonchev–Trinajstić information content (AvgIpc) is 4.31. The van der Waals surface area contributed by atoms with Gasteiger partial charge in [-0.25, -0.2) is 19.6 Å². The second-order valence-electron chi connectivity index (χ2n) is 17.2. The van der Waals surface area contributed by atoms with Gasteiger partial charge in [0, 0.05) is 43.5 Å². The first-order chi connectivity index (χ1) is 37.7. The van der Waals surface area contributed by atoms with Crippen LogP contribution in [0.1, 0.15) is 61.2 Å². The number of carbonyl (C=O) groups excluding carboxylic acids is 7. The number of morpholine rings is 1. The molecule has 1 aliphatic heterocycles. The Balaban J connectivity index is 0.000000210. The van der Waals surface area contributed by atoms with E-state index in [-0.39, 0.29) is 70.3 Å². The van der Waals surface area contributed by atoms with Gasteiger partial charge in [-0.2, -0.15) is 10.2 Å². The summed E-state index contributed by atoms with van der Waals surface area (Å²) in [7, 11) is 0. The number of carboxylic acids is 1. The van der Waals surface area contributed by atoms with E-state index in [0.29, 0.717) is 40.9 Å². The summed E-state index contributed by atoms with van der Waals surface area (Å²) in [4.78, 5) is 113. The molecular weight excluding hydrogens is 1090 g/mol. The molecule has 2 atom stereocenters. The number of aromatic amines is 2. The zero-order chi connectivity index (χ0) is 55.1. The number of anilines is 2. The van der Waals surface area contributed by atoms with Crippen molar-refractivity contribution in [3.63, 3.8) is 0 Å². The maximum absolute atomic E-state index is 13.3. The van der Waals surface area contributed by atoms with Crippen LogP contribution < -0.4 is 31.9 Å². The first-order valence-corrected chi connectivity index (χ1v) is 27.4. The molecule has 78 heavy (non-hydrogen) atoms. The number of carboxylic acid groups (broad SMARTS) is 1. The summed E-state index contributed by atoms with van der Waals surface area (Å²) in [5, 5.41) is 44.6. The van der Waals surface area contributed by atoms with E-state index in [1.165, 1.54) is 22.7 Å². The maximum Gasteiger partial charge on any atom is 0.330 e. The van der Waals surface area contributed by atoms with Crippen LogP contribution in [0, 0.1) is 13.8 Å². The van der Waals surface area contributed by atoms with Gasteiger partial charge in [0.15, 0.2) is 10.3 Å². The molecule has 6 aromatic heterocycles. The molecule has 2 aromatic carbocycles. The number of rotatable bonds is 21. The van der Waals surface area contributed by atoms with Crippen molar-refractivity contribution in [3.05, 3.63) is 126 Å². The van der Waals surface area contributed by atoms with Crippen molar-refractivity contribution in [2.24, 2.45) is 0 Å². The molecule has 0 unspecified atom stereocenters. The molecule has 1 fully saturated rings. The van der Waals surface area contributed by atoms with E-state index in [0.717, 1.165) is 68.7 Å². The number of nitrogens with one attached hydrogen (secondary N) is 8. The minimum Gasteiger partial charge on any atom is -0.480 e. The highest BCUT2D eigenvalue weighted by Gasteiger charge is 2.28. The third kappa shape index (κ3) is 15.0. The number of carbonyl (C=O) groups is 8. The molecule has 0 spiro atoms. The Hall–Kier alpha value is -8.28. The van der Waals surface area contributed by atoms with Crippen LogP contribution in [0.3, 0.4) is 0 Å². The van der Waals surface area contributed by atoms with E-state index in [1.54, 1.807) is 61.3 Å². The van der Waals surface area contributed by atoms with Gasteiger partial charge in [-0.05, 0) is 60.0 Å². The van der Waals surface area contributed by atoms with Gasteiger partial charge in [-0.15, -0.1) is 22.7 Å². The molecule has 1 saturated heterocycles. The minimum absolute atomic E-state index is 0.0854. The van der Waals surface area contributed by atoms with Crippen LogP contribution in [0.5, 0.6) is 0 Å². The van der Waals surface area contributed by atoms with Gasteiger partial charge < -0.3 is 46.5 Å². The van der Waals surface area contributed by atoms with Crippen molar-refractivity contribution in [1.29, 1.82) is 0 Å². The van der Waals surface area contributed by atoms with Crippen LogP contribution in [-0.4, -0.2) is 152 Å². The van der Waals surface area contributed by atoms with Crippen LogP contribution in [0.4, 0.5) is 10.3 Å². The molecule has 6 amide bonds. The number of ether oxygens (including phenoxy) is 2. The highest BCUT2D eigenvalue weighted by molar-refractivity contribution is 7.18. The summed E-state index contributed by atoms with van der Waals surface area (Å²) in [5.41, 5.74) is 3.96. The van der Waals surface area contributed by atoms with Gasteiger partial charge in [0.1, 0.15) is 28.4 Å². The lowest BCUT2D eigenvalue weighted by molar-refractivity contribution is -0.146. The number of aliphatic carboxylic acids is 1. The van der Waals surface area contributed by atoms with E-state index >= 15 is 0 Å². The predicted octanol–water partition coefficient (Wildman–Crippen LogP) is 4.16. The Morgan fingerprint density at radius 1 is 0.667 bits per heavy atom. The Labute approximate surface area is 459 Å². The lowest BCUT2D eigenvalue weighted by Gasteiger charge is -2.26. The Morgan fingerprint density at radius 3 is 1.63 bits per heavy atom. The molecule has 9 N–H and O–H groups in total. The smallest absolute Gasteiger partial charge is 0.330 e. The number of aromatic nitrogens is 6. The minimum atomic E-state index is -1.35. The summed E-state index contributed by atoms with van der Waals surface area (Å²) < 4.78 is 10.8. The topological polar surface area (TPSA) is 334 Å². The van der Waals surface area contributed by atoms with Gasteiger partial charge in [-0.1, -0.05) is 59.1 Å². The van der Waals surface area contributed by atoms with Crippen LogP contribution in [-0.2, 0) is 41.5 Å². The number of thiophene rings is 2. The molecule has 0 aliphatic carbocycles. The summed E-state index contributed by atoms with van der Waals surface area (Å²) in [6.45, 7) is 6.17. The van der Waals surface area contributed by atoms with Crippen molar-refractivity contribution in [3.8, 4) is 0 Å². The lowest BCUT2D eigenvalue weighted by Crippen LogP contribution is -2.49. The standard InChI is InChI=1S/C28H31N7O6S2.C22H20N6O5S2/c1-17-24(43-28(31-17)33-23(36)14-18-4-2-5-20-19(18)15-30-34-20)26(38)32-21(16-29-25(37)22-6-3-13-42-22)27(39)41-12-9-35-7-10-40-11-8-35;1-11-18(20(31)26-15(21(32)33)10-23-19(30)16-6-3-7-34-16)35-22(25-11)27-17(29)8-12-4-2-5-14-13(12)9-24-28-14/h2-6,13,15,21H,7-12,14,16H2,1H3,(H,29,37)(H,30,34)(H,32,38)(H,31,33,36);2-7,9,15H,8,10H2,1H3,(H,23,30)(H,24,28)(H,26,31)(H,32,33)(H,25,27,29)/t21-;15-/m00/s1. The number of thiazole rings is 2. The average molecular weight is 1140 g/mol. The highest BCUT2D eigenvalue weighted by atomic mass is 32.1. The number of nitrogens with zero attached hydrogens (tertiary/aromatic N) is 5. The second kappa shape index (κ2) is 26.7. The predicted molar refractivity (Wildman–Crippen MR) is 292 cm³/mol. The molecule has 24 nitrogen and oxygen atoms in total. The number of amides is 6. The van der Waals surface area contributed by atoms with E-state index in [4.69, 9.17) is 9.47 Å². The summed E-state index contributed by atoms with van der Waals surface area (Å²) in [6.07, 6.45) is 3.50. The SMILES string of the molecule is Cc1nc(NC(=O)Cc2cccc3[nH]ncc23)sc1C(=O)N[C@@H](CNC(=O)c1cccs1)C(=O)O.Cc1nc(NC(=O)Cc2cccc3[nH]ncc23)sc1C(=O)N[C@@H](CNC(=O)c1cccs1)C(=O)OCCN1CCOCC1. The van der Waals surface area contributed by atoms with Gasteiger partial charge in [0.05, 0.1) is 70.6 Å². The third-order valence-electron chi connectivity index (χ3n) is 11.7. The zero-order valence-corrected chi connectivity index (χ0v) is 45.0. The number of hydrogen-bond donors (Lipinski definition) is 9. The molecule has 0 saturated carbocycles. The Morgan fingerprint density at radius 2 is 1.15 bits per heavy atom. The molecule has 1 aliphatic rings. The monoisotopic (exact) mass is 1140 g/mol. The maximum atomic E-state index is 13.3. The molecule has 9 rings (SSSR count). The van der Waals surface area contributed by atoms with Crippen LogP contribution in [0.2, 0.25) is 0 Å². The van der Waals surface area contributed by atoms with Gasteiger partial charge in [0.25, 0.3) is 23.6 Å². The number of aryl methyl sites for hydroxylation is 2. The fourth-order valence-corrected chi connectivity index (χ4v) is 10.8. The number of H-pyrrole nitrogens is 2. The molecule has 8 aromatic rings. The van der Waals surface area contributed by atoms with E-state index in [1.807, 2.05) is 36.4 Å². The number of benzene rings is 2. The first kappa shape index (κ1) is 55.9. The molecule has 0 radical (unpaired) electrons. The fourth-order valence-electron chi connectivity index (χ4n) is 7.78. The van der Waals surface area contributed by atoms with E-state index in [2.05, 4.69) is 67.2 Å². The second-order valence-corrected chi connectivity index (χ2v) is 21.1. The van der Waals surface area contributed by atoms with Crippen molar-refractivity contribution in [2.75, 3.05) is 63.2 Å². The molecular formula is C50H51N13O11S4. The van der Waals surface area contributed by atoms with Crippen LogP contribution >= 0.6 is 45.3 Å². The molecule has 0 bridgehead atoms. The summed E-state index contributed by atoms with van der Waals surface area (Å²) in [6, 6.07) is 15.3. The molecule has 28 heteroatoms. The number of hydrogen-bond acceptors (Lipinski definition) is 19. The Kier molecular flexibility index (Phi) is 19.1. The van der Waals surface area contributed by atoms with Crippen molar-refractivity contribution >= 4 is 125 Å². The summed E-state index contributed by atoms with van der Waals surface area (Å²) >= 11 is 4.42. The summed E-state index contributed by atoms with van der Waals surface area (Å²) in [5.74, 6) is -4.61. The Bertz CT molecular complexity index is 3420. The normalized spacial score (nSPS) is 13.1. The van der Waals surface area contributed by atoms with E-state index in [9.17, 15) is 43.5 Å². The largest absolute Gasteiger partial charge is 0.480 e.